The standard InChI is InChI=1S/C30H23N5O2S/c1-18-13-23(22-5-3-4-6-25(22)37-2)24(16-32-18)28(36)35-29-34-27-26(38-29)14-20(15-33-27)19-7-9-21(10-8-19)30(17-31)11-12-30/h3-10,13-16H,11-12H2,1-2H3,(H,33,34,35,36). The van der Waals surface area contributed by atoms with Gasteiger partial charge in [0.15, 0.2) is 10.8 Å². The van der Waals surface area contributed by atoms with Crippen molar-refractivity contribution in [1.29, 1.82) is 5.26 Å². The molecule has 0 unspecified atom stereocenters. The highest BCUT2D eigenvalue weighted by atomic mass is 32.1. The van der Waals surface area contributed by atoms with Gasteiger partial charge in [0.1, 0.15) is 5.75 Å². The number of amides is 1. The molecule has 1 N–H and O–H groups in total. The monoisotopic (exact) mass is 517 g/mol. The molecule has 2 aromatic carbocycles. The van der Waals surface area contributed by atoms with E-state index in [1.165, 1.54) is 11.3 Å². The lowest BCUT2D eigenvalue weighted by atomic mass is 9.95. The number of thiazole rings is 1. The van der Waals surface area contributed by atoms with Crippen LogP contribution < -0.4 is 10.1 Å². The van der Waals surface area contributed by atoms with E-state index in [1.54, 1.807) is 19.5 Å². The smallest absolute Gasteiger partial charge is 0.259 e. The SMILES string of the molecule is COc1ccccc1-c1cc(C)ncc1C(=O)Nc1nc2ncc(-c3ccc(C4(C#N)CC4)cc3)cc2s1. The number of aryl methyl sites for hydroxylation is 1. The number of rotatable bonds is 6. The minimum atomic E-state index is -0.306. The van der Waals surface area contributed by atoms with Gasteiger partial charge in [0, 0.05) is 34.8 Å². The summed E-state index contributed by atoms with van der Waals surface area (Å²) >= 11 is 1.37. The third kappa shape index (κ3) is 4.27. The molecule has 3 aromatic heterocycles. The number of ether oxygens (including phenoxy) is 1. The Labute approximate surface area is 223 Å². The molecule has 38 heavy (non-hydrogen) atoms. The van der Waals surface area contributed by atoms with Gasteiger partial charge in [-0.05, 0) is 49.1 Å². The Kier molecular flexibility index (Phi) is 5.86. The summed E-state index contributed by atoms with van der Waals surface area (Å²) in [5.41, 5.74) is 6.08. The van der Waals surface area contributed by atoms with Gasteiger partial charge in [0.25, 0.3) is 5.91 Å². The first-order valence-electron chi connectivity index (χ1n) is 12.2. The van der Waals surface area contributed by atoms with Crippen molar-refractivity contribution >= 4 is 32.7 Å². The number of anilines is 1. The van der Waals surface area contributed by atoms with Gasteiger partial charge in [-0.1, -0.05) is 53.8 Å². The lowest BCUT2D eigenvalue weighted by molar-refractivity contribution is 0.102. The number of benzene rings is 2. The van der Waals surface area contributed by atoms with Crippen molar-refractivity contribution in [2.45, 2.75) is 25.2 Å². The van der Waals surface area contributed by atoms with E-state index in [2.05, 4.69) is 26.3 Å². The number of carbonyl (C=O) groups is 1. The van der Waals surface area contributed by atoms with E-state index in [-0.39, 0.29) is 11.3 Å². The first-order valence-corrected chi connectivity index (χ1v) is 13.0. The zero-order valence-corrected chi connectivity index (χ0v) is 21.7. The third-order valence-electron chi connectivity index (χ3n) is 6.88. The predicted molar refractivity (Wildman–Crippen MR) is 148 cm³/mol. The zero-order chi connectivity index (χ0) is 26.3. The van der Waals surface area contributed by atoms with Gasteiger partial charge in [0.05, 0.1) is 28.9 Å². The molecule has 6 rings (SSSR count). The lowest BCUT2D eigenvalue weighted by Gasteiger charge is -2.13. The Morgan fingerprint density at radius 1 is 1.03 bits per heavy atom. The van der Waals surface area contributed by atoms with E-state index < -0.39 is 0 Å². The summed E-state index contributed by atoms with van der Waals surface area (Å²) in [4.78, 5) is 26.8. The first kappa shape index (κ1) is 23.8. The van der Waals surface area contributed by atoms with Crippen LogP contribution in [0.2, 0.25) is 0 Å². The van der Waals surface area contributed by atoms with Crippen molar-refractivity contribution in [3.05, 3.63) is 89.9 Å². The second-order valence-electron chi connectivity index (χ2n) is 9.36. The van der Waals surface area contributed by atoms with Crippen LogP contribution >= 0.6 is 11.3 Å². The molecule has 5 aromatic rings. The van der Waals surface area contributed by atoms with Gasteiger partial charge in [-0.15, -0.1) is 0 Å². The number of hydrogen-bond acceptors (Lipinski definition) is 7. The van der Waals surface area contributed by atoms with Crippen molar-refractivity contribution in [2.75, 3.05) is 12.4 Å². The summed E-state index contributed by atoms with van der Waals surface area (Å²) in [7, 11) is 1.61. The van der Waals surface area contributed by atoms with Crippen molar-refractivity contribution in [2.24, 2.45) is 0 Å². The van der Waals surface area contributed by atoms with Crippen LogP contribution in [-0.2, 0) is 5.41 Å². The molecule has 0 aliphatic heterocycles. The molecule has 3 heterocycles. The highest BCUT2D eigenvalue weighted by Gasteiger charge is 2.44. The largest absolute Gasteiger partial charge is 0.496 e. The van der Waals surface area contributed by atoms with E-state index in [0.717, 1.165) is 51.1 Å². The normalized spacial score (nSPS) is 13.6. The molecule has 0 atom stereocenters. The molecule has 0 saturated heterocycles. The zero-order valence-electron chi connectivity index (χ0n) is 20.9. The average Bonchev–Trinajstić information content (AvgIpc) is 3.65. The maximum Gasteiger partial charge on any atom is 0.259 e. The number of nitriles is 1. The van der Waals surface area contributed by atoms with Crippen LogP contribution in [0.15, 0.2) is 73.1 Å². The number of methoxy groups -OCH3 is 1. The number of para-hydroxylation sites is 1. The number of nitrogens with one attached hydrogen (secondary N) is 1. The lowest BCUT2D eigenvalue weighted by Crippen LogP contribution is -2.14. The third-order valence-corrected chi connectivity index (χ3v) is 7.79. The summed E-state index contributed by atoms with van der Waals surface area (Å²) in [6.07, 6.45) is 5.21. The Morgan fingerprint density at radius 3 is 2.55 bits per heavy atom. The fourth-order valence-electron chi connectivity index (χ4n) is 4.60. The minimum Gasteiger partial charge on any atom is -0.496 e. The Bertz CT molecular complexity index is 1730. The van der Waals surface area contributed by atoms with E-state index in [1.807, 2.05) is 67.6 Å². The fraction of sp³-hybridized carbons (Fsp3) is 0.167. The predicted octanol–water partition coefficient (Wildman–Crippen LogP) is 6.54. The average molecular weight is 518 g/mol. The number of carbonyl (C=O) groups excluding carboxylic acids is 1. The molecule has 1 aliphatic rings. The quantitative estimate of drug-likeness (QED) is 0.274. The fourth-order valence-corrected chi connectivity index (χ4v) is 5.46. The number of pyridine rings is 2. The maximum absolute atomic E-state index is 13.4. The summed E-state index contributed by atoms with van der Waals surface area (Å²) in [6.45, 7) is 1.89. The Morgan fingerprint density at radius 2 is 1.82 bits per heavy atom. The van der Waals surface area contributed by atoms with E-state index in [0.29, 0.717) is 22.1 Å². The highest BCUT2D eigenvalue weighted by Crippen LogP contribution is 2.47. The summed E-state index contributed by atoms with van der Waals surface area (Å²) < 4.78 is 6.39. The highest BCUT2D eigenvalue weighted by molar-refractivity contribution is 7.22. The minimum absolute atomic E-state index is 0.302. The molecular formula is C30H23N5O2S. The van der Waals surface area contributed by atoms with Gasteiger partial charge in [-0.2, -0.15) is 10.2 Å². The molecular weight excluding hydrogens is 494 g/mol. The molecule has 0 spiro atoms. The Hall–Kier alpha value is -4.61. The molecule has 7 nitrogen and oxygen atoms in total. The number of nitrogens with zero attached hydrogens (tertiary/aromatic N) is 4. The Balaban J connectivity index is 1.27. The van der Waals surface area contributed by atoms with Gasteiger partial charge >= 0.3 is 0 Å². The van der Waals surface area contributed by atoms with E-state index >= 15 is 0 Å². The number of aromatic nitrogens is 3. The van der Waals surface area contributed by atoms with Gasteiger partial charge in [0.2, 0.25) is 0 Å². The maximum atomic E-state index is 13.4. The van der Waals surface area contributed by atoms with Crippen LogP contribution in [0, 0.1) is 18.3 Å². The van der Waals surface area contributed by atoms with Crippen molar-refractivity contribution in [3.63, 3.8) is 0 Å². The van der Waals surface area contributed by atoms with Gasteiger partial charge in [-0.3, -0.25) is 15.1 Å². The van der Waals surface area contributed by atoms with Crippen LogP contribution in [0.5, 0.6) is 5.75 Å². The molecule has 1 saturated carbocycles. The molecule has 0 radical (unpaired) electrons. The van der Waals surface area contributed by atoms with Crippen LogP contribution in [0.25, 0.3) is 32.6 Å². The first-order chi connectivity index (χ1) is 18.5. The van der Waals surface area contributed by atoms with E-state index in [9.17, 15) is 10.1 Å². The topological polar surface area (TPSA) is 101 Å². The summed E-state index contributed by atoms with van der Waals surface area (Å²) in [5, 5.41) is 12.8. The van der Waals surface area contributed by atoms with Gasteiger partial charge < -0.3 is 4.74 Å². The van der Waals surface area contributed by atoms with Gasteiger partial charge in [-0.25, -0.2) is 4.98 Å². The molecule has 1 fully saturated rings. The van der Waals surface area contributed by atoms with Crippen LogP contribution in [0.3, 0.4) is 0 Å². The van der Waals surface area contributed by atoms with Crippen molar-refractivity contribution in [1.82, 2.24) is 15.0 Å². The summed E-state index contributed by atoms with van der Waals surface area (Å²) in [6, 6.07) is 22.1. The van der Waals surface area contributed by atoms with Crippen molar-refractivity contribution < 1.29 is 9.53 Å². The van der Waals surface area contributed by atoms with Crippen LogP contribution in [0.1, 0.15) is 34.5 Å². The second-order valence-corrected chi connectivity index (χ2v) is 10.4. The van der Waals surface area contributed by atoms with Crippen molar-refractivity contribution in [3.8, 4) is 34.1 Å². The number of hydrogen-bond donors (Lipinski definition) is 1. The number of fused-ring (bicyclic) bond motifs is 1. The van der Waals surface area contributed by atoms with E-state index in [4.69, 9.17) is 4.74 Å². The second kappa shape index (κ2) is 9.36. The molecule has 0 bridgehead atoms. The van der Waals surface area contributed by atoms with Crippen LogP contribution in [-0.4, -0.2) is 28.0 Å². The molecule has 8 heteroatoms. The molecule has 1 aliphatic carbocycles. The van der Waals surface area contributed by atoms with Crippen LogP contribution in [0.4, 0.5) is 5.13 Å². The molecule has 1 amide bonds. The molecule has 186 valence electrons. The summed E-state index contributed by atoms with van der Waals surface area (Å²) in [5.74, 6) is 0.372.